The van der Waals surface area contributed by atoms with Crippen molar-refractivity contribution in [3.63, 3.8) is 0 Å². The molecule has 2 heterocycles. The number of furan rings is 1. The molecule has 0 aliphatic heterocycles. The molecule has 0 atom stereocenters. The Balaban J connectivity index is 2.75. The molecule has 0 saturated carbocycles. The minimum atomic E-state index is -1.20. The molecule has 1 N–H and O–H groups in total. The van der Waals surface area contributed by atoms with Crippen molar-refractivity contribution in [2.24, 2.45) is 0 Å². The summed E-state index contributed by atoms with van der Waals surface area (Å²) in [5.41, 5.74) is 0.296. The predicted molar refractivity (Wildman–Crippen MR) is 51.4 cm³/mol. The van der Waals surface area contributed by atoms with Gasteiger partial charge in [0.05, 0.1) is 0 Å². The molecule has 0 aliphatic carbocycles. The molecule has 6 heteroatoms. The average molecular weight is 226 g/mol. The third kappa shape index (κ3) is 1.57. The molecular weight excluding hydrogens is 222 g/mol. The minimum absolute atomic E-state index is 0.0258. The molecule has 2 aromatic rings. The van der Waals surface area contributed by atoms with Gasteiger partial charge in [0, 0.05) is 5.39 Å². The quantitative estimate of drug-likeness (QED) is 0.624. The van der Waals surface area contributed by atoms with Crippen LogP contribution in [0.25, 0.3) is 11.0 Å². The molecule has 15 heavy (non-hydrogen) atoms. The lowest BCUT2D eigenvalue weighted by Gasteiger charge is -1.92. The Morgan fingerprint density at radius 2 is 2.27 bits per heavy atom. The fraction of sp³-hybridized carbons (Fsp3) is 0. The second-order valence-electron chi connectivity index (χ2n) is 2.79. The van der Waals surface area contributed by atoms with Crippen molar-refractivity contribution in [2.75, 3.05) is 0 Å². The van der Waals surface area contributed by atoms with Crippen LogP contribution in [0, 0.1) is 0 Å². The van der Waals surface area contributed by atoms with Crippen molar-refractivity contribution < 1.29 is 19.1 Å². The molecule has 0 amide bonds. The first-order valence-electron chi connectivity index (χ1n) is 3.90. The summed E-state index contributed by atoms with van der Waals surface area (Å²) in [4.78, 5) is 24.8. The maximum absolute atomic E-state index is 10.6. The molecule has 0 fully saturated rings. The van der Waals surface area contributed by atoms with Crippen LogP contribution in [-0.4, -0.2) is 22.3 Å². The van der Waals surface area contributed by atoms with Gasteiger partial charge >= 0.3 is 5.97 Å². The zero-order valence-electron chi connectivity index (χ0n) is 7.23. The van der Waals surface area contributed by atoms with Crippen molar-refractivity contribution >= 4 is 34.8 Å². The van der Waals surface area contributed by atoms with E-state index in [0.717, 1.165) is 0 Å². The Morgan fingerprint density at radius 3 is 2.87 bits per heavy atom. The van der Waals surface area contributed by atoms with E-state index in [9.17, 15) is 9.59 Å². The number of rotatable bonds is 2. The number of pyridine rings is 1. The van der Waals surface area contributed by atoms with Crippen LogP contribution in [0.3, 0.4) is 0 Å². The van der Waals surface area contributed by atoms with Gasteiger partial charge in [-0.2, -0.15) is 0 Å². The molecule has 2 aromatic heterocycles. The van der Waals surface area contributed by atoms with Crippen LogP contribution in [-0.2, 0) is 0 Å². The van der Waals surface area contributed by atoms with Gasteiger partial charge in [-0.25, -0.2) is 9.78 Å². The van der Waals surface area contributed by atoms with Crippen LogP contribution in [0.1, 0.15) is 21.0 Å². The Labute approximate surface area is 88.3 Å². The van der Waals surface area contributed by atoms with Crippen LogP contribution in [0.15, 0.2) is 16.5 Å². The smallest absolute Gasteiger partial charge is 0.371 e. The number of aromatic carboxylic acids is 1. The average Bonchev–Trinajstić information content (AvgIpc) is 2.61. The van der Waals surface area contributed by atoms with Gasteiger partial charge in [-0.15, -0.1) is 0 Å². The highest BCUT2D eigenvalue weighted by Gasteiger charge is 2.14. The number of carboxylic acids is 1. The normalized spacial score (nSPS) is 10.5. The van der Waals surface area contributed by atoms with E-state index >= 15 is 0 Å². The van der Waals surface area contributed by atoms with Gasteiger partial charge in [-0.05, 0) is 12.1 Å². The number of carboxylic acid groups (broad SMARTS) is 1. The molecule has 0 unspecified atom stereocenters. The molecule has 0 radical (unpaired) electrons. The Morgan fingerprint density at radius 1 is 1.53 bits per heavy atom. The van der Waals surface area contributed by atoms with E-state index in [1.165, 1.54) is 12.1 Å². The highest BCUT2D eigenvalue weighted by molar-refractivity contribution is 6.33. The Bertz CT molecular complexity index is 560. The largest absolute Gasteiger partial charge is 0.475 e. The summed E-state index contributed by atoms with van der Waals surface area (Å²) >= 11 is 5.70. The van der Waals surface area contributed by atoms with Gasteiger partial charge in [0.2, 0.25) is 5.76 Å². The Hall–Kier alpha value is -1.88. The second kappa shape index (κ2) is 3.36. The predicted octanol–water partition coefficient (Wildman–Crippen LogP) is 1.99. The molecule has 5 nitrogen and oxygen atoms in total. The van der Waals surface area contributed by atoms with Gasteiger partial charge in [0.15, 0.2) is 17.0 Å². The van der Waals surface area contributed by atoms with E-state index in [2.05, 4.69) is 4.98 Å². The summed E-state index contributed by atoms with van der Waals surface area (Å²) < 4.78 is 4.95. The van der Waals surface area contributed by atoms with Crippen LogP contribution < -0.4 is 0 Å². The topological polar surface area (TPSA) is 80.4 Å². The number of carbonyl (C=O) groups is 2. The summed E-state index contributed by atoms with van der Waals surface area (Å²) in [6.07, 6.45) is 0.527. The first-order chi connectivity index (χ1) is 7.11. The van der Waals surface area contributed by atoms with Gasteiger partial charge < -0.3 is 9.52 Å². The van der Waals surface area contributed by atoms with Crippen molar-refractivity contribution in [2.45, 2.75) is 0 Å². The summed E-state index contributed by atoms with van der Waals surface area (Å²) in [6, 6.07) is 2.70. The molecule has 0 bridgehead atoms. The van der Waals surface area contributed by atoms with Crippen molar-refractivity contribution in [3.8, 4) is 0 Å². The standard InChI is InChI=1S/C9H4ClNO4/c10-8-7-4(1-5(3-12)11-8)2-6(15-7)9(13)14/h1-3H,(H,13,14). The van der Waals surface area contributed by atoms with Crippen LogP contribution in [0.4, 0.5) is 0 Å². The van der Waals surface area contributed by atoms with Gasteiger partial charge in [-0.3, -0.25) is 4.79 Å². The first kappa shape index (κ1) is 9.67. The van der Waals surface area contributed by atoms with E-state index < -0.39 is 5.97 Å². The lowest BCUT2D eigenvalue weighted by atomic mass is 10.2. The first-order valence-corrected chi connectivity index (χ1v) is 4.28. The summed E-state index contributed by atoms with van der Waals surface area (Å²) in [7, 11) is 0. The second-order valence-corrected chi connectivity index (χ2v) is 3.15. The molecule has 0 aromatic carbocycles. The number of aromatic nitrogens is 1. The van der Waals surface area contributed by atoms with Gasteiger partial charge in [0.25, 0.3) is 0 Å². The number of halogens is 1. The third-order valence-corrected chi connectivity index (χ3v) is 2.07. The van der Waals surface area contributed by atoms with Gasteiger partial charge in [-0.1, -0.05) is 11.6 Å². The number of hydrogen-bond acceptors (Lipinski definition) is 4. The molecule has 0 saturated heterocycles. The fourth-order valence-corrected chi connectivity index (χ4v) is 1.44. The van der Waals surface area contributed by atoms with E-state index in [-0.39, 0.29) is 22.2 Å². The third-order valence-electron chi connectivity index (χ3n) is 1.81. The lowest BCUT2D eigenvalue weighted by molar-refractivity contribution is 0.0665. The summed E-state index contributed by atoms with van der Waals surface area (Å²) in [5, 5.41) is 9.09. The monoisotopic (exact) mass is 225 g/mol. The Kier molecular flexibility index (Phi) is 2.17. The zero-order valence-corrected chi connectivity index (χ0v) is 7.99. The van der Waals surface area contributed by atoms with Crippen molar-refractivity contribution in [3.05, 3.63) is 28.7 Å². The van der Waals surface area contributed by atoms with Crippen LogP contribution in [0.2, 0.25) is 5.15 Å². The molecule has 0 spiro atoms. The van der Waals surface area contributed by atoms with E-state index in [0.29, 0.717) is 11.7 Å². The summed E-state index contributed by atoms with van der Waals surface area (Å²) in [5.74, 6) is -1.44. The minimum Gasteiger partial charge on any atom is -0.475 e. The van der Waals surface area contributed by atoms with E-state index in [4.69, 9.17) is 21.1 Å². The molecular formula is C9H4ClNO4. The SMILES string of the molecule is O=Cc1cc2cc(C(=O)O)oc2c(Cl)n1. The molecule has 76 valence electrons. The number of aldehydes is 1. The maximum Gasteiger partial charge on any atom is 0.371 e. The van der Waals surface area contributed by atoms with Crippen LogP contribution in [0.5, 0.6) is 0 Å². The summed E-state index contributed by atoms with van der Waals surface area (Å²) in [6.45, 7) is 0. The molecule has 2 rings (SSSR count). The highest BCUT2D eigenvalue weighted by Crippen LogP contribution is 2.25. The number of fused-ring (bicyclic) bond motifs is 1. The maximum atomic E-state index is 10.6. The van der Waals surface area contributed by atoms with Crippen LogP contribution >= 0.6 is 11.6 Å². The van der Waals surface area contributed by atoms with Gasteiger partial charge in [0.1, 0.15) is 5.69 Å². The number of carbonyl (C=O) groups excluding carboxylic acids is 1. The molecule has 0 aliphatic rings. The number of nitrogens with zero attached hydrogens (tertiary/aromatic N) is 1. The van der Waals surface area contributed by atoms with E-state index in [1.54, 1.807) is 0 Å². The van der Waals surface area contributed by atoms with E-state index in [1.807, 2.05) is 0 Å². The fourth-order valence-electron chi connectivity index (χ4n) is 1.20. The zero-order chi connectivity index (χ0) is 11.0. The van der Waals surface area contributed by atoms with Crippen molar-refractivity contribution in [1.82, 2.24) is 4.98 Å². The lowest BCUT2D eigenvalue weighted by Crippen LogP contribution is -1.91. The number of hydrogen-bond donors (Lipinski definition) is 1. The highest BCUT2D eigenvalue weighted by atomic mass is 35.5. The van der Waals surface area contributed by atoms with Crippen molar-refractivity contribution in [1.29, 1.82) is 0 Å².